The molecule has 0 aliphatic heterocycles. The van der Waals surface area contributed by atoms with Crippen molar-refractivity contribution < 1.29 is 5.11 Å². The fourth-order valence-electron chi connectivity index (χ4n) is 2.22. The highest BCUT2D eigenvalue weighted by molar-refractivity contribution is 6.00. The van der Waals surface area contributed by atoms with Gasteiger partial charge in [-0.1, -0.05) is 30.3 Å². The highest BCUT2D eigenvalue weighted by Gasteiger charge is 2.09. The van der Waals surface area contributed by atoms with Crippen molar-refractivity contribution in [3.05, 3.63) is 48.8 Å². The Hall–Kier alpha value is -2.33. The van der Waals surface area contributed by atoms with E-state index in [1.54, 1.807) is 6.20 Å². The van der Waals surface area contributed by atoms with Gasteiger partial charge in [-0.3, -0.25) is 0 Å². The number of hydrogen-bond acceptors (Lipinski definition) is 3. The number of anilines is 1. The van der Waals surface area contributed by atoms with Gasteiger partial charge >= 0.3 is 0 Å². The van der Waals surface area contributed by atoms with Crippen LogP contribution < -0.4 is 5.32 Å². The normalized spacial score (nSPS) is 10.8. The molecule has 96 valence electrons. The van der Waals surface area contributed by atoms with Gasteiger partial charge in [0.2, 0.25) is 0 Å². The van der Waals surface area contributed by atoms with E-state index >= 15 is 0 Å². The van der Waals surface area contributed by atoms with Crippen molar-refractivity contribution in [2.24, 2.45) is 0 Å². The molecular formula is C15H15N3O. The van der Waals surface area contributed by atoms with Crippen LogP contribution in [0.15, 0.2) is 48.8 Å². The fourth-order valence-corrected chi connectivity index (χ4v) is 2.22. The van der Waals surface area contributed by atoms with Crippen LogP contribution in [0.25, 0.3) is 22.0 Å². The van der Waals surface area contributed by atoms with Gasteiger partial charge < -0.3 is 15.4 Å². The molecule has 3 rings (SSSR count). The zero-order chi connectivity index (χ0) is 13.1. The maximum atomic E-state index is 8.88. The summed E-state index contributed by atoms with van der Waals surface area (Å²) in [5, 5.41) is 13.1. The summed E-state index contributed by atoms with van der Waals surface area (Å²) in [5.74, 6) is 0.772. The standard InChI is InChI=1S/C15H15N3O/c19-9-8-17-15-14-12(6-7-16-15)13(10-18-14)11-4-2-1-3-5-11/h1-7,10,18-19H,8-9H2,(H,16,17). The average Bonchev–Trinajstić information content (AvgIpc) is 2.90. The zero-order valence-corrected chi connectivity index (χ0v) is 10.4. The van der Waals surface area contributed by atoms with Gasteiger partial charge in [0.15, 0.2) is 0 Å². The van der Waals surface area contributed by atoms with E-state index in [-0.39, 0.29) is 6.61 Å². The largest absolute Gasteiger partial charge is 0.395 e. The highest BCUT2D eigenvalue weighted by atomic mass is 16.3. The van der Waals surface area contributed by atoms with Crippen molar-refractivity contribution in [2.45, 2.75) is 0 Å². The Bertz CT molecular complexity index is 676. The van der Waals surface area contributed by atoms with Crippen molar-refractivity contribution in [3.63, 3.8) is 0 Å². The predicted molar refractivity (Wildman–Crippen MR) is 77.1 cm³/mol. The topological polar surface area (TPSA) is 60.9 Å². The lowest BCUT2D eigenvalue weighted by Crippen LogP contribution is -2.07. The van der Waals surface area contributed by atoms with Gasteiger partial charge in [-0.25, -0.2) is 4.98 Å². The van der Waals surface area contributed by atoms with Gasteiger partial charge in [0.25, 0.3) is 0 Å². The minimum Gasteiger partial charge on any atom is -0.395 e. The summed E-state index contributed by atoms with van der Waals surface area (Å²) < 4.78 is 0. The van der Waals surface area contributed by atoms with Gasteiger partial charge in [-0.15, -0.1) is 0 Å². The van der Waals surface area contributed by atoms with Gasteiger partial charge in [-0.05, 0) is 11.6 Å². The van der Waals surface area contributed by atoms with Gasteiger partial charge in [-0.2, -0.15) is 0 Å². The van der Waals surface area contributed by atoms with Crippen molar-refractivity contribution in [3.8, 4) is 11.1 Å². The molecule has 0 saturated heterocycles. The summed E-state index contributed by atoms with van der Waals surface area (Å²) in [6.07, 6.45) is 3.77. The first kappa shape index (κ1) is 11.7. The van der Waals surface area contributed by atoms with E-state index in [1.807, 2.05) is 30.5 Å². The second-order valence-corrected chi connectivity index (χ2v) is 4.30. The zero-order valence-electron chi connectivity index (χ0n) is 10.4. The van der Waals surface area contributed by atoms with E-state index in [2.05, 4.69) is 27.4 Å². The van der Waals surface area contributed by atoms with Crippen LogP contribution in [-0.4, -0.2) is 28.2 Å². The molecule has 0 fully saturated rings. The summed E-state index contributed by atoms with van der Waals surface area (Å²) in [6.45, 7) is 0.579. The van der Waals surface area contributed by atoms with E-state index < -0.39 is 0 Å². The second kappa shape index (κ2) is 5.12. The number of nitrogens with one attached hydrogen (secondary N) is 2. The maximum Gasteiger partial charge on any atom is 0.150 e. The number of aliphatic hydroxyl groups is 1. The smallest absolute Gasteiger partial charge is 0.150 e. The summed E-state index contributed by atoms with van der Waals surface area (Å²) in [4.78, 5) is 7.56. The summed E-state index contributed by atoms with van der Waals surface area (Å²) in [6, 6.07) is 12.2. The third kappa shape index (κ3) is 2.18. The third-order valence-electron chi connectivity index (χ3n) is 3.09. The molecule has 0 radical (unpaired) electrons. The maximum absolute atomic E-state index is 8.88. The minimum atomic E-state index is 0.0876. The number of benzene rings is 1. The lowest BCUT2D eigenvalue weighted by atomic mass is 10.1. The van der Waals surface area contributed by atoms with Crippen LogP contribution in [-0.2, 0) is 0 Å². The molecule has 4 nitrogen and oxygen atoms in total. The Morgan fingerprint density at radius 2 is 2.00 bits per heavy atom. The van der Waals surface area contributed by atoms with Crippen molar-refractivity contribution >= 4 is 16.7 Å². The van der Waals surface area contributed by atoms with Crippen molar-refractivity contribution in [1.29, 1.82) is 0 Å². The number of pyridine rings is 1. The lowest BCUT2D eigenvalue weighted by Gasteiger charge is -2.05. The van der Waals surface area contributed by atoms with Crippen molar-refractivity contribution in [1.82, 2.24) is 9.97 Å². The number of aromatic nitrogens is 2. The third-order valence-corrected chi connectivity index (χ3v) is 3.09. The highest BCUT2D eigenvalue weighted by Crippen LogP contribution is 2.30. The van der Waals surface area contributed by atoms with Crippen molar-refractivity contribution in [2.75, 3.05) is 18.5 Å². The van der Waals surface area contributed by atoms with E-state index in [4.69, 9.17) is 5.11 Å². The van der Waals surface area contributed by atoms with E-state index in [0.29, 0.717) is 6.54 Å². The molecule has 0 bridgehead atoms. The average molecular weight is 253 g/mol. The Kier molecular flexibility index (Phi) is 3.16. The number of aromatic amines is 1. The second-order valence-electron chi connectivity index (χ2n) is 4.30. The molecule has 0 aliphatic carbocycles. The molecule has 0 unspecified atom stereocenters. The van der Waals surface area contributed by atoms with Gasteiger partial charge in [0.1, 0.15) is 5.82 Å². The molecule has 0 spiro atoms. The van der Waals surface area contributed by atoms with Gasteiger partial charge in [0.05, 0.1) is 12.1 Å². The molecule has 0 saturated carbocycles. The Morgan fingerprint density at radius 1 is 1.16 bits per heavy atom. The number of hydrogen-bond donors (Lipinski definition) is 3. The molecule has 3 aromatic rings. The number of nitrogens with zero attached hydrogens (tertiary/aromatic N) is 1. The SMILES string of the molecule is OCCNc1nccc2c(-c3ccccc3)c[nH]c12. The Morgan fingerprint density at radius 3 is 2.79 bits per heavy atom. The predicted octanol–water partition coefficient (Wildman–Crippen LogP) is 2.63. The molecular weight excluding hydrogens is 238 g/mol. The number of fused-ring (bicyclic) bond motifs is 1. The molecule has 2 heterocycles. The molecule has 19 heavy (non-hydrogen) atoms. The first-order valence-corrected chi connectivity index (χ1v) is 6.26. The van der Waals surface area contributed by atoms with E-state index in [1.165, 1.54) is 5.56 Å². The monoisotopic (exact) mass is 253 g/mol. The number of H-pyrrole nitrogens is 1. The van der Waals surface area contributed by atoms with E-state index in [9.17, 15) is 0 Å². The molecule has 1 aromatic carbocycles. The summed E-state index contributed by atoms with van der Waals surface area (Å²) >= 11 is 0. The quantitative estimate of drug-likeness (QED) is 0.670. The fraction of sp³-hybridized carbons (Fsp3) is 0.133. The Labute approximate surface area is 111 Å². The van der Waals surface area contributed by atoms with Crippen LogP contribution in [0.5, 0.6) is 0 Å². The Balaban J connectivity index is 2.09. The van der Waals surface area contributed by atoms with Gasteiger partial charge in [0, 0.05) is 29.9 Å². The molecule has 0 aliphatic rings. The van der Waals surface area contributed by atoms with Crippen LogP contribution in [0.1, 0.15) is 0 Å². The van der Waals surface area contributed by atoms with Crippen LogP contribution >= 0.6 is 0 Å². The summed E-state index contributed by atoms with van der Waals surface area (Å²) in [5.41, 5.74) is 3.30. The molecule has 2 aromatic heterocycles. The van der Waals surface area contributed by atoms with Crippen LogP contribution in [0.4, 0.5) is 5.82 Å². The molecule has 4 heteroatoms. The first-order valence-electron chi connectivity index (χ1n) is 6.26. The molecule has 3 N–H and O–H groups in total. The van der Waals surface area contributed by atoms with Crippen LogP contribution in [0.2, 0.25) is 0 Å². The summed E-state index contributed by atoms with van der Waals surface area (Å²) in [7, 11) is 0. The van der Waals surface area contributed by atoms with Crippen LogP contribution in [0.3, 0.4) is 0 Å². The lowest BCUT2D eigenvalue weighted by molar-refractivity contribution is 0.311. The van der Waals surface area contributed by atoms with Crippen LogP contribution in [0, 0.1) is 0 Å². The molecule has 0 atom stereocenters. The minimum absolute atomic E-state index is 0.0876. The first-order chi connectivity index (χ1) is 9.40. The molecule has 0 amide bonds. The van der Waals surface area contributed by atoms with E-state index in [0.717, 1.165) is 22.3 Å². The number of rotatable bonds is 4. The number of aliphatic hydroxyl groups excluding tert-OH is 1.